The minimum absolute atomic E-state index is 0.156. The summed E-state index contributed by atoms with van der Waals surface area (Å²) < 4.78 is 18.5. The number of ether oxygens (including phenoxy) is 1. The number of hydrogen-bond donors (Lipinski definition) is 0. The van der Waals surface area contributed by atoms with E-state index in [0.29, 0.717) is 5.56 Å². The molecule has 116 valence electrons. The first-order valence-corrected chi connectivity index (χ1v) is 7.46. The lowest BCUT2D eigenvalue weighted by Crippen LogP contribution is -2.05. The van der Waals surface area contributed by atoms with Gasteiger partial charge in [0.1, 0.15) is 5.82 Å². The van der Waals surface area contributed by atoms with Crippen molar-refractivity contribution in [3.8, 4) is 0 Å². The van der Waals surface area contributed by atoms with Crippen molar-refractivity contribution in [1.29, 1.82) is 0 Å². The zero-order valence-corrected chi connectivity index (χ0v) is 12.6. The van der Waals surface area contributed by atoms with E-state index in [1.807, 2.05) is 42.5 Å². The molecule has 4 rings (SSSR count). The maximum Gasteiger partial charge on any atom is 0.363 e. The average molecular weight is 317 g/mol. The third kappa shape index (κ3) is 2.70. The highest BCUT2D eigenvalue weighted by Gasteiger charge is 2.24. The Bertz CT molecular complexity index is 1020. The highest BCUT2D eigenvalue weighted by Crippen LogP contribution is 2.22. The van der Waals surface area contributed by atoms with Gasteiger partial charge in [0.2, 0.25) is 5.90 Å². The molecule has 1 aliphatic rings. The van der Waals surface area contributed by atoms with Crippen molar-refractivity contribution in [2.24, 2.45) is 4.99 Å². The van der Waals surface area contributed by atoms with Crippen LogP contribution >= 0.6 is 0 Å². The molecule has 0 saturated carbocycles. The lowest BCUT2D eigenvalue weighted by molar-refractivity contribution is -0.129. The van der Waals surface area contributed by atoms with Crippen LogP contribution in [-0.2, 0) is 9.53 Å². The van der Waals surface area contributed by atoms with Gasteiger partial charge in [-0.05, 0) is 46.7 Å². The molecular weight excluding hydrogens is 305 g/mol. The van der Waals surface area contributed by atoms with Crippen LogP contribution in [0.15, 0.2) is 77.4 Å². The van der Waals surface area contributed by atoms with E-state index in [1.165, 1.54) is 18.2 Å². The maximum absolute atomic E-state index is 13.2. The van der Waals surface area contributed by atoms with Crippen molar-refractivity contribution in [2.45, 2.75) is 0 Å². The Balaban J connectivity index is 1.72. The molecule has 1 aliphatic heterocycles. The van der Waals surface area contributed by atoms with Gasteiger partial charge in [-0.1, -0.05) is 42.5 Å². The lowest BCUT2D eigenvalue weighted by atomic mass is 10.1. The van der Waals surface area contributed by atoms with Gasteiger partial charge in [-0.15, -0.1) is 0 Å². The molecule has 0 aliphatic carbocycles. The van der Waals surface area contributed by atoms with Gasteiger partial charge in [0, 0.05) is 5.56 Å². The highest BCUT2D eigenvalue weighted by molar-refractivity contribution is 6.13. The van der Waals surface area contributed by atoms with Crippen LogP contribution in [0.4, 0.5) is 4.39 Å². The van der Waals surface area contributed by atoms with Crippen molar-refractivity contribution >= 4 is 28.7 Å². The molecule has 0 radical (unpaired) electrons. The number of aliphatic imine (C=N–C) groups is 1. The summed E-state index contributed by atoms with van der Waals surface area (Å²) in [6.45, 7) is 0. The third-order valence-electron chi connectivity index (χ3n) is 3.77. The fourth-order valence-corrected chi connectivity index (χ4v) is 2.61. The zero-order valence-electron chi connectivity index (χ0n) is 12.6. The second kappa shape index (κ2) is 5.74. The van der Waals surface area contributed by atoms with Gasteiger partial charge in [0.15, 0.2) is 5.70 Å². The first-order valence-electron chi connectivity index (χ1n) is 7.46. The Morgan fingerprint density at radius 3 is 2.58 bits per heavy atom. The van der Waals surface area contributed by atoms with Crippen LogP contribution in [0.5, 0.6) is 0 Å². The third-order valence-corrected chi connectivity index (χ3v) is 3.77. The maximum atomic E-state index is 13.2. The molecular formula is C20H12FNO2. The molecule has 3 aromatic rings. The number of nitrogens with zero attached hydrogens (tertiary/aromatic N) is 1. The summed E-state index contributed by atoms with van der Waals surface area (Å²) in [5, 5.41) is 2.14. The molecule has 0 spiro atoms. The molecule has 24 heavy (non-hydrogen) atoms. The molecule has 0 saturated heterocycles. The standard InChI is InChI=1S/C20H12FNO2/c21-17-7-3-4-13(10-17)11-18-20(23)24-19(22-18)16-9-8-14-5-1-2-6-15(14)12-16/h1-12H/b18-11+. The van der Waals surface area contributed by atoms with Gasteiger partial charge >= 0.3 is 5.97 Å². The molecule has 0 N–H and O–H groups in total. The zero-order chi connectivity index (χ0) is 16.5. The van der Waals surface area contributed by atoms with E-state index >= 15 is 0 Å². The molecule has 3 aromatic carbocycles. The second-order valence-corrected chi connectivity index (χ2v) is 5.45. The summed E-state index contributed by atoms with van der Waals surface area (Å²) in [6, 6.07) is 19.6. The van der Waals surface area contributed by atoms with Crippen LogP contribution in [0.3, 0.4) is 0 Å². The van der Waals surface area contributed by atoms with E-state index in [0.717, 1.165) is 16.3 Å². The number of carbonyl (C=O) groups is 1. The quantitative estimate of drug-likeness (QED) is 0.521. The van der Waals surface area contributed by atoms with Gasteiger partial charge in [-0.25, -0.2) is 14.2 Å². The normalized spacial score (nSPS) is 15.6. The van der Waals surface area contributed by atoms with E-state index < -0.39 is 5.97 Å². The van der Waals surface area contributed by atoms with Gasteiger partial charge in [0.05, 0.1) is 0 Å². The Morgan fingerprint density at radius 2 is 1.75 bits per heavy atom. The Kier molecular flexibility index (Phi) is 3.43. The Morgan fingerprint density at radius 1 is 0.917 bits per heavy atom. The van der Waals surface area contributed by atoms with Crippen molar-refractivity contribution in [2.75, 3.05) is 0 Å². The fraction of sp³-hybridized carbons (Fsp3) is 0. The van der Waals surface area contributed by atoms with Gasteiger partial charge in [-0.3, -0.25) is 0 Å². The summed E-state index contributed by atoms with van der Waals surface area (Å²) >= 11 is 0. The summed E-state index contributed by atoms with van der Waals surface area (Å²) in [7, 11) is 0. The second-order valence-electron chi connectivity index (χ2n) is 5.45. The largest absolute Gasteiger partial charge is 0.402 e. The van der Waals surface area contributed by atoms with Gasteiger partial charge in [-0.2, -0.15) is 0 Å². The lowest BCUT2D eigenvalue weighted by Gasteiger charge is -2.02. The smallest absolute Gasteiger partial charge is 0.363 e. The van der Waals surface area contributed by atoms with Crippen molar-refractivity contribution in [1.82, 2.24) is 0 Å². The number of benzene rings is 3. The van der Waals surface area contributed by atoms with E-state index in [1.54, 1.807) is 12.1 Å². The molecule has 3 nitrogen and oxygen atoms in total. The Hall–Kier alpha value is -3.27. The van der Waals surface area contributed by atoms with E-state index in [4.69, 9.17) is 4.74 Å². The predicted octanol–water partition coefficient (Wildman–Crippen LogP) is 4.32. The van der Waals surface area contributed by atoms with Crippen molar-refractivity contribution in [3.63, 3.8) is 0 Å². The first kappa shape index (κ1) is 14.3. The van der Waals surface area contributed by atoms with Crippen molar-refractivity contribution < 1.29 is 13.9 Å². The number of hydrogen-bond acceptors (Lipinski definition) is 3. The molecule has 0 fully saturated rings. The fourth-order valence-electron chi connectivity index (χ4n) is 2.61. The summed E-state index contributed by atoms with van der Waals surface area (Å²) in [6.07, 6.45) is 1.51. The van der Waals surface area contributed by atoms with Crippen LogP contribution in [0.25, 0.3) is 16.8 Å². The van der Waals surface area contributed by atoms with Gasteiger partial charge in [0.25, 0.3) is 0 Å². The number of fused-ring (bicyclic) bond motifs is 1. The molecule has 0 amide bonds. The van der Waals surface area contributed by atoms with Crippen LogP contribution in [0.2, 0.25) is 0 Å². The minimum Gasteiger partial charge on any atom is -0.402 e. The van der Waals surface area contributed by atoms with E-state index in [9.17, 15) is 9.18 Å². The van der Waals surface area contributed by atoms with Crippen molar-refractivity contribution in [3.05, 3.63) is 89.4 Å². The van der Waals surface area contributed by atoms with E-state index in [-0.39, 0.29) is 17.4 Å². The number of rotatable bonds is 2. The van der Waals surface area contributed by atoms with Crippen LogP contribution in [0.1, 0.15) is 11.1 Å². The topological polar surface area (TPSA) is 38.7 Å². The molecule has 1 heterocycles. The number of cyclic esters (lactones) is 1. The van der Waals surface area contributed by atoms with Gasteiger partial charge < -0.3 is 4.74 Å². The first-order chi connectivity index (χ1) is 11.7. The minimum atomic E-state index is -0.539. The summed E-state index contributed by atoms with van der Waals surface area (Å²) in [4.78, 5) is 16.3. The Labute approximate surface area is 137 Å². The number of halogens is 1. The summed E-state index contributed by atoms with van der Waals surface area (Å²) in [5.41, 5.74) is 1.44. The van der Waals surface area contributed by atoms with E-state index in [2.05, 4.69) is 4.99 Å². The molecule has 0 aromatic heterocycles. The SMILES string of the molecule is O=C1OC(c2ccc3ccccc3c2)=N/C1=C/c1cccc(F)c1. The number of carbonyl (C=O) groups excluding carboxylic acids is 1. The predicted molar refractivity (Wildman–Crippen MR) is 91.0 cm³/mol. The monoisotopic (exact) mass is 317 g/mol. The molecule has 0 bridgehead atoms. The van der Waals surface area contributed by atoms with Crippen LogP contribution < -0.4 is 0 Å². The summed E-state index contributed by atoms with van der Waals surface area (Å²) in [5.74, 6) is -0.648. The van der Waals surface area contributed by atoms with Crippen LogP contribution in [-0.4, -0.2) is 11.9 Å². The average Bonchev–Trinajstić information content (AvgIpc) is 2.95. The highest BCUT2D eigenvalue weighted by atomic mass is 19.1. The van der Waals surface area contributed by atoms with Crippen LogP contribution in [0, 0.1) is 5.82 Å². The molecule has 0 unspecified atom stereocenters. The molecule has 4 heteroatoms. The number of esters is 1. The molecule has 0 atom stereocenters.